The Hall–Kier alpha value is -1.71. The predicted octanol–water partition coefficient (Wildman–Crippen LogP) is 3.22. The fraction of sp³-hybridized carbons (Fsp3) is 0.500. The second-order valence-electron chi connectivity index (χ2n) is 5.86. The third kappa shape index (κ3) is 2.58. The van der Waals surface area contributed by atoms with Gasteiger partial charge in [-0.05, 0) is 36.1 Å². The van der Waals surface area contributed by atoms with E-state index in [2.05, 4.69) is 48.3 Å². The molecule has 0 saturated heterocycles. The van der Waals surface area contributed by atoms with E-state index < -0.39 is 0 Å². The normalized spacial score (nSPS) is 12.1. The van der Waals surface area contributed by atoms with Crippen molar-refractivity contribution in [3.05, 3.63) is 29.8 Å². The minimum absolute atomic E-state index is 0.129. The predicted molar refractivity (Wildman–Crippen MR) is 72.3 cm³/mol. The minimum atomic E-state index is 0.129. The van der Waals surface area contributed by atoms with E-state index in [-0.39, 0.29) is 11.5 Å². The molecule has 4 heteroatoms. The summed E-state index contributed by atoms with van der Waals surface area (Å²) in [6, 6.07) is 8.58. The van der Waals surface area contributed by atoms with Crippen LogP contribution in [-0.2, 0) is 5.41 Å². The Morgan fingerprint density at radius 2 is 1.89 bits per heavy atom. The molecular weight excluding hydrogens is 224 g/mol. The van der Waals surface area contributed by atoms with Crippen molar-refractivity contribution < 1.29 is 0 Å². The summed E-state index contributed by atoms with van der Waals surface area (Å²) in [5.41, 5.74) is 2.43. The Balaban J connectivity index is 2.38. The van der Waals surface area contributed by atoms with Crippen LogP contribution in [0.2, 0.25) is 0 Å². The lowest BCUT2D eigenvalue weighted by Crippen LogP contribution is -2.10. The zero-order valence-corrected chi connectivity index (χ0v) is 11.7. The van der Waals surface area contributed by atoms with Crippen molar-refractivity contribution in [3.8, 4) is 11.4 Å². The molecule has 0 radical (unpaired) electrons. The van der Waals surface area contributed by atoms with Crippen LogP contribution in [0.4, 0.5) is 0 Å². The van der Waals surface area contributed by atoms with E-state index in [1.807, 2.05) is 26.0 Å². The van der Waals surface area contributed by atoms with Crippen molar-refractivity contribution in [2.45, 2.75) is 46.1 Å². The van der Waals surface area contributed by atoms with Crippen LogP contribution in [0.5, 0.6) is 0 Å². The molecule has 0 saturated carbocycles. The molecule has 1 aromatic carbocycles. The topological polar surface area (TPSA) is 43.6 Å². The van der Waals surface area contributed by atoms with Gasteiger partial charge in [0.25, 0.3) is 0 Å². The van der Waals surface area contributed by atoms with E-state index in [1.165, 1.54) is 5.56 Å². The molecule has 18 heavy (non-hydrogen) atoms. The van der Waals surface area contributed by atoms with Crippen molar-refractivity contribution >= 4 is 0 Å². The quantitative estimate of drug-likeness (QED) is 0.814. The van der Waals surface area contributed by atoms with Crippen LogP contribution >= 0.6 is 0 Å². The fourth-order valence-corrected chi connectivity index (χ4v) is 1.68. The molecule has 1 heterocycles. The Morgan fingerprint density at radius 1 is 1.17 bits per heavy atom. The highest BCUT2D eigenvalue weighted by Gasteiger charge is 2.15. The van der Waals surface area contributed by atoms with Gasteiger partial charge in [-0.15, -0.1) is 10.2 Å². The summed E-state index contributed by atoms with van der Waals surface area (Å²) in [4.78, 5) is 1.64. The second kappa shape index (κ2) is 4.52. The maximum atomic E-state index is 4.40. The van der Waals surface area contributed by atoms with Gasteiger partial charge in [-0.25, -0.2) is 0 Å². The summed E-state index contributed by atoms with van der Waals surface area (Å²) in [5, 5.41) is 12.6. The first kappa shape index (κ1) is 12.7. The first-order chi connectivity index (χ1) is 8.38. The highest BCUT2D eigenvalue weighted by atomic mass is 15.6. The van der Waals surface area contributed by atoms with Crippen molar-refractivity contribution in [1.29, 1.82) is 0 Å². The molecule has 4 nitrogen and oxygen atoms in total. The largest absolute Gasteiger partial charge is 0.204 e. The van der Waals surface area contributed by atoms with Gasteiger partial charge in [-0.1, -0.05) is 39.0 Å². The Labute approximate surface area is 108 Å². The van der Waals surface area contributed by atoms with Crippen LogP contribution in [0.3, 0.4) is 0 Å². The Morgan fingerprint density at radius 3 is 2.44 bits per heavy atom. The minimum Gasteiger partial charge on any atom is -0.161 e. The number of aromatic nitrogens is 4. The van der Waals surface area contributed by atoms with Gasteiger partial charge in [0.2, 0.25) is 5.82 Å². The smallest absolute Gasteiger partial charge is 0.161 e. The molecule has 96 valence electrons. The van der Waals surface area contributed by atoms with Crippen molar-refractivity contribution in [3.63, 3.8) is 0 Å². The molecule has 0 amide bonds. The lowest BCUT2D eigenvalue weighted by atomic mass is 9.86. The van der Waals surface area contributed by atoms with Gasteiger partial charge >= 0.3 is 0 Å². The number of tetrazole rings is 1. The Kier molecular flexibility index (Phi) is 3.20. The molecule has 2 rings (SSSR count). The summed E-state index contributed by atoms with van der Waals surface area (Å²) in [7, 11) is 0. The zero-order chi connectivity index (χ0) is 13.3. The van der Waals surface area contributed by atoms with Crippen molar-refractivity contribution in [2.24, 2.45) is 0 Å². The van der Waals surface area contributed by atoms with Crippen molar-refractivity contribution in [1.82, 2.24) is 20.2 Å². The molecular formula is C14H20N4. The SMILES string of the molecule is CC(C)n1nnc(-c2cccc(C(C)(C)C)c2)n1. The second-order valence-corrected chi connectivity index (χ2v) is 5.86. The van der Waals surface area contributed by atoms with E-state index in [1.54, 1.807) is 4.80 Å². The van der Waals surface area contributed by atoms with Gasteiger partial charge in [0.15, 0.2) is 0 Å². The molecule has 1 aromatic heterocycles. The average molecular weight is 244 g/mol. The molecule has 0 N–H and O–H groups in total. The molecule has 0 aliphatic heterocycles. The lowest BCUT2D eigenvalue weighted by Gasteiger charge is -2.19. The van der Waals surface area contributed by atoms with Crippen LogP contribution in [0.25, 0.3) is 11.4 Å². The summed E-state index contributed by atoms with van der Waals surface area (Å²) in [5.74, 6) is 0.690. The molecule has 0 unspecified atom stereocenters. The summed E-state index contributed by atoms with van der Waals surface area (Å²) in [6.45, 7) is 10.7. The van der Waals surface area contributed by atoms with Crippen LogP contribution in [0.15, 0.2) is 24.3 Å². The molecule has 0 spiro atoms. The third-order valence-electron chi connectivity index (χ3n) is 2.88. The monoisotopic (exact) mass is 244 g/mol. The maximum Gasteiger partial charge on any atom is 0.204 e. The van der Waals surface area contributed by atoms with E-state index >= 15 is 0 Å². The average Bonchev–Trinajstić information content (AvgIpc) is 2.77. The van der Waals surface area contributed by atoms with E-state index in [9.17, 15) is 0 Å². The van der Waals surface area contributed by atoms with Gasteiger partial charge < -0.3 is 0 Å². The molecule has 0 atom stereocenters. The molecule has 0 aliphatic rings. The van der Waals surface area contributed by atoms with E-state index in [4.69, 9.17) is 0 Å². The molecule has 0 fully saturated rings. The van der Waals surface area contributed by atoms with Crippen LogP contribution in [-0.4, -0.2) is 20.2 Å². The summed E-state index contributed by atoms with van der Waals surface area (Å²) < 4.78 is 0. The van der Waals surface area contributed by atoms with E-state index in [0.29, 0.717) is 5.82 Å². The van der Waals surface area contributed by atoms with E-state index in [0.717, 1.165) is 5.56 Å². The highest BCUT2D eigenvalue weighted by Crippen LogP contribution is 2.25. The van der Waals surface area contributed by atoms with Gasteiger partial charge in [-0.2, -0.15) is 4.80 Å². The third-order valence-corrected chi connectivity index (χ3v) is 2.88. The Bertz CT molecular complexity index is 535. The highest BCUT2D eigenvalue weighted by molar-refractivity contribution is 5.55. The number of benzene rings is 1. The zero-order valence-electron chi connectivity index (χ0n) is 11.7. The van der Waals surface area contributed by atoms with Crippen molar-refractivity contribution in [2.75, 3.05) is 0 Å². The molecule has 2 aromatic rings. The lowest BCUT2D eigenvalue weighted by molar-refractivity contribution is 0.455. The van der Waals surface area contributed by atoms with Crippen LogP contribution in [0.1, 0.15) is 46.2 Å². The first-order valence-corrected chi connectivity index (χ1v) is 6.28. The molecule has 0 aliphatic carbocycles. The number of hydrogen-bond acceptors (Lipinski definition) is 3. The number of nitrogens with zero attached hydrogens (tertiary/aromatic N) is 4. The standard InChI is InChI=1S/C14H20N4/c1-10(2)18-16-13(15-17-18)11-7-6-8-12(9-11)14(3,4)5/h6-10H,1-5H3. The van der Waals surface area contributed by atoms with Crippen LogP contribution in [0, 0.1) is 0 Å². The van der Waals surface area contributed by atoms with Gasteiger partial charge in [-0.3, -0.25) is 0 Å². The number of hydrogen-bond donors (Lipinski definition) is 0. The van der Waals surface area contributed by atoms with Crippen LogP contribution < -0.4 is 0 Å². The van der Waals surface area contributed by atoms with Gasteiger partial charge in [0.1, 0.15) is 0 Å². The first-order valence-electron chi connectivity index (χ1n) is 6.28. The van der Waals surface area contributed by atoms with Gasteiger partial charge in [0, 0.05) is 5.56 Å². The fourth-order valence-electron chi connectivity index (χ4n) is 1.68. The molecule has 0 bridgehead atoms. The van der Waals surface area contributed by atoms with Gasteiger partial charge in [0.05, 0.1) is 6.04 Å². The summed E-state index contributed by atoms with van der Waals surface area (Å²) in [6.07, 6.45) is 0. The number of rotatable bonds is 2. The summed E-state index contributed by atoms with van der Waals surface area (Å²) >= 11 is 0. The maximum absolute atomic E-state index is 4.40.